The molecule has 1 saturated heterocycles. The Bertz CT molecular complexity index is 414. The van der Waals surface area contributed by atoms with Gasteiger partial charge in [-0.2, -0.15) is 0 Å². The Morgan fingerprint density at radius 2 is 2.35 bits per heavy atom. The quantitative estimate of drug-likeness (QED) is 0.766. The van der Waals surface area contributed by atoms with Crippen molar-refractivity contribution in [3.63, 3.8) is 0 Å². The fourth-order valence-corrected chi connectivity index (χ4v) is 2.57. The summed E-state index contributed by atoms with van der Waals surface area (Å²) in [6.07, 6.45) is 2.93. The van der Waals surface area contributed by atoms with Crippen molar-refractivity contribution < 1.29 is 9.84 Å². The summed E-state index contributed by atoms with van der Waals surface area (Å²) in [7, 11) is 0. The molecule has 0 aliphatic carbocycles. The van der Waals surface area contributed by atoms with Crippen molar-refractivity contribution in [3.05, 3.63) is 23.9 Å². The lowest BCUT2D eigenvalue weighted by Crippen LogP contribution is -2.48. The highest BCUT2D eigenvalue weighted by molar-refractivity contribution is 5.47. The Morgan fingerprint density at radius 3 is 3.10 bits per heavy atom. The molecule has 1 aromatic heterocycles. The number of rotatable bonds is 6. The zero-order valence-corrected chi connectivity index (χ0v) is 12.4. The second-order valence-electron chi connectivity index (χ2n) is 5.32. The van der Waals surface area contributed by atoms with E-state index in [1.165, 1.54) is 5.56 Å². The number of aliphatic hydroxyl groups is 1. The summed E-state index contributed by atoms with van der Waals surface area (Å²) in [5, 5.41) is 12.8. The summed E-state index contributed by atoms with van der Waals surface area (Å²) in [6.45, 7) is 7.59. The first-order valence-corrected chi connectivity index (χ1v) is 7.40. The van der Waals surface area contributed by atoms with Crippen molar-refractivity contribution in [1.29, 1.82) is 0 Å². The molecule has 0 saturated carbocycles. The minimum absolute atomic E-state index is 0.0527. The highest BCUT2D eigenvalue weighted by Gasteiger charge is 2.26. The monoisotopic (exact) mass is 279 g/mol. The maximum absolute atomic E-state index is 9.33. The second kappa shape index (κ2) is 7.57. The summed E-state index contributed by atoms with van der Waals surface area (Å²) in [4.78, 5) is 6.75. The van der Waals surface area contributed by atoms with Crippen molar-refractivity contribution in [2.75, 3.05) is 31.1 Å². The van der Waals surface area contributed by atoms with E-state index in [-0.39, 0.29) is 18.8 Å². The van der Waals surface area contributed by atoms with Crippen LogP contribution >= 0.6 is 0 Å². The molecule has 1 aliphatic rings. The third-order valence-corrected chi connectivity index (χ3v) is 3.44. The Kier molecular flexibility index (Phi) is 5.76. The average molecular weight is 279 g/mol. The summed E-state index contributed by atoms with van der Waals surface area (Å²) in [5.41, 5.74) is 1.20. The fourth-order valence-electron chi connectivity index (χ4n) is 2.57. The van der Waals surface area contributed by atoms with Gasteiger partial charge in [0.05, 0.1) is 18.8 Å². The standard InChI is InChI=1S/C15H25N3O2/c1-3-6-16-8-13-5-4-7-17-15(13)18-9-12(2)20-14(10-18)11-19/h4-5,7,12,14,16,19H,3,6,8-11H2,1-2H3. The third kappa shape index (κ3) is 3.91. The van der Waals surface area contributed by atoms with Crippen LogP contribution in [0, 0.1) is 0 Å². The molecule has 2 atom stereocenters. The average Bonchev–Trinajstić information content (AvgIpc) is 2.47. The van der Waals surface area contributed by atoms with E-state index in [1.807, 2.05) is 19.2 Å². The van der Waals surface area contributed by atoms with Crippen LogP contribution in [-0.4, -0.2) is 48.5 Å². The first-order chi connectivity index (χ1) is 9.74. The van der Waals surface area contributed by atoms with E-state index >= 15 is 0 Å². The molecular weight excluding hydrogens is 254 g/mol. The molecule has 112 valence electrons. The number of hydrogen-bond acceptors (Lipinski definition) is 5. The smallest absolute Gasteiger partial charge is 0.133 e. The van der Waals surface area contributed by atoms with Crippen LogP contribution in [0.1, 0.15) is 25.8 Å². The SMILES string of the molecule is CCCNCc1cccnc1N1CC(C)OC(CO)C1. The van der Waals surface area contributed by atoms with Crippen LogP contribution < -0.4 is 10.2 Å². The molecule has 2 rings (SSSR count). The molecule has 0 spiro atoms. The number of anilines is 1. The van der Waals surface area contributed by atoms with Crippen LogP contribution in [0.5, 0.6) is 0 Å². The third-order valence-electron chi connectivity index (χ3n) is 3.44. The molecule has 2 N–H and O–H groups in total. The summed E-state index contributed by atoms with van der Waals surface area (Å²) < 4.78 is 5.69. The number of aromatic nitrogens is 1. The van der Waals surface area contributed by atoms with Crippen LogP contribution in [0.2, 0.25) is 0 Å². The normalized spacial score (nSPS) is 23.1. The van der Waals surface area contributed by atoms with Gasteiger partial charge in [0.15, 0.2) is 0 Å². The number of hydrogen-bond donors (Lipinski definition) is 2. The molecular formula is C15H25N3O2. The van der Waals surface area contributed by atoms with Crippen molar-refractivity contribution in [3.8, 4) is 0 Å². The largest absolute Gasteiger partial charge is 0.394 e. The first kappa shape index (κ1) is 15.2. The van der Waals surface area contributed by atoms with Crippen molar-refractivity contribution in [1.82, 2.24) is 10.3 Å². The van der Waals surface area contributed by atoms with E-state index in [1.54, 1.807) is 0 Å². The predicted molar refractivity (Wildman–Crippen MR) is 79.9 cm³/mol. The van der Waals surface area contributed by atoms with Gasteiger partial charge in [0.1, 0.15) is 5.82 Å². The van der Waals surface area contributed by atoms with Crippen molar-refractivity contribution in [2.45, 2.75) is 39.0 Å². The van der Waals surface area contributed by atoms with Gasteiger partial charge in [0, 0.05) is 31.4 Å². The topological polar surface area (TPSA) is 57.6 Å². The van der Waals surface area contributed by atoms with E-state index in [0.29, 0.717) is 6.54 Å². The molecule has 1 aliphatic heterocycles. The van der Waals surface area contributed by atoms with Crippen molar-refractivity contribution in [2.24, 2.45) is 0 Å². The van der Waals surface area contributed by atoms with Gasteiger partial charge >= 0.3 is 0 Å². The molecule has 0 radical (unpaired) electrons. The summed E-state index contributed by atoms with van der Waals surface area (Å²) >= 11 is 0. The first-order valence-electron chi connectivity index (χ1n) is 7.40. The van der Waals surface area contributed by atoms with Gasteiger partial charge in [-0.15, -0.1) is 0 Å². The zero-order chi connectivity index (χ0) is 14.4. The Hall–Kier alpha value is -1.17. The van der Waals surface area contributed by atoms with E-state index in [0.717, 1.165) is 31.9 Å². The minimum Gasteiger partial charge on any atom is -0.394 e. The van der Waals surface area contributed by atoms with Crippen LogP contribution in [0.3, 0.4) is 0 Å². The number of morpholine rings is 1. The van der Waals surface area contributed by atoms with E-state index in [4.69, 9.17) is 4.74 Å². The van der Waals surface area contributed by atoms with Crippen molar-refractivity contribution >= 4 is 5.82 Å². The molecule has 5 nitrogen and oxygen atoms in total. The molecule has 0 aromatic carbocycles. The Labute approximate surface area is 121 Å². The number of nitrogens with zero attached hydrogens (tertiary/aromatic N) is 2. The number of nitrogens with one attached hydrogen (secondary N) is 1. The number of pyridine rings is 1. The van der Waals surface area contributed by atoms with Gasteiger partial charge in [0.2, 0.25) is 0 Å². The molecule has 1 aromatic rings. The van der Waals surface area contributed by atoms with E-state index in [9.17, 15) is 5.11 Å². The molecule has 20 heavy (non-hydrogen) atoms. The summed E-state index contributed by atoms with van der Waals surface area (Å²) in [6, 6.07) is 4.08. The lowest BCUT2D eigenvalue weighted by Gasteiger charge is -2.37. The van der Waals surface area contributed by atoms with Crippen LogP contribution in [0.25, 0.3) is 0 Å². The molecule has 5 heteroatoms. The van der Waals surface area contributed by atoms with Gasteiger partial charge in [-0.05, 0) is 26.0 Å². The van der Waals surface area contributed by atoms with Gasteiger partial charge in [-0.25, -0.2) is 4.98 Å². The lowest BCUT2D eigenvalue weighted by atomic mass is 10.1. The highest BCUT2D eigenvalue weighted by Crippen LogP contribution is 2.22. The Balaban J connectivity index is 2.10. The molecule has 0 bridgehead atoms. The molecule has 2 heterocycles. The maximum atomic E-state index is 9.33. The minimum atomic E-state index is -0.128. The molecule has 2 unspecified atom stereocenters. The maximum Gasteiger partial charge on any atom is 0.133 e. The van der Waals surface area contributed by atoms with Gasteiger partial charge in [-0.1, -0.05) is 13.0 Å². The van der Waals surface area contributed by atoms with E-state index in [2.05, 4.69) is 28.2 Å². The fraction of sp³-hybridized carbons (Fsp3) is 0.667. The zero-order valence-electron chi connectivity index (χ0n) is 12.4. The summed E-state index contributed by atoms with van der Waals surface area (Å²) in [5.74, 6) is 1.00. The lowest BCUT2D eigenvalue weighted by molar-refractivity contribution is -0.0423. The Morgan fingerprint density at radius 1 is 1.50 bits per heavy atom. The predicted octanol–water partition coefficient (Wildman–Crippen LogP) is 1.17. The van der Waals surface area contributed by atoms with Crippen LogP contribution in [0.15, 0.2) is 18.3 Å². The van der Waals surface area contributed by atoms with Gasteiger partial charge < -0.3 is 20.1 Å². The highest BCUT2D eigenvalue weighted by atomic mass is 16.5. The van der Waals surface area contributed by atoms with Gasteiger partial charge in [0.25, 0.3) is 0 Å². The second-order valence-corrected chi connectivity index (χ2v) is 5.32. The van der Waals surface area contributed by atoms with Crippen LogP contribution in [0.4, 0.5) is 5.82 Å². The number of aliphatic hydroxyl groups excluding tert-OH is 1. The molecule has 1 fully saturated rings. The van der Waals surface area contributed by atoms with Gasteiger partial charge in [-0.3, -0.25) is 0 Å². The number of ether oxygens (including phenoxy) is 1. The molecule has 0 amide bonds. The van der Waals surface area contributed by atoms with Crippen LogP contribution in [-0.2, 0) is 11.3 Å². The van der Waals surface area contributed by atoms with E-state index < -0.39 is 0 Å².